The molecule has 1 aliphatic rings. The summed E-state index contributed by atoms with van der Waals surface area (Å²) in [6.07, 6.45) is 2.87. The van der Waals surface area contributed by atoms with Crippen molar-refractivity contribution >= 4 is 46.4 Å². The Hall–Kier alpha value is -5.19. The number of carbonyl (C=O) groups excluding carboxylic acids is 1. The number of aliphatic hydroxyl groups is 1. The van der Waals surface area contributed by atoms with Gasteiger partial charge in [-0.2, -0.15) is 0 Å². The van der Waals surface area contributed by atoms with E-state index in [1.54, 1.807) is 25.4 Å². The zero-order chi connectivity index (χ0) is 33.5. The zero-order valence-electron chi connectivity index (χ0n) is 24.1. The van der Waals surface area contributed by atoms with Crippen molar-refractivity contribution in [2.45, 2.75) is 25.0 Å². The van der Waals surface area contributed by atoms with Gasteiger partial charge in [-0.1, -0.05) is 0 Å². The molecule has 1 fully saturated rings. The summed E-state index contributed by atoms with van der Waals surface area (Å²) in [6, 6.07) is 13.5. The van der Waals surface area contributed by atoms with Gasteiger partial charge in [-0.05, 0) is 80.0 Å². The molecule has 3 aromatic rings. The Morgan fingerprint density at radius 2 is 1.51 bits per heavy atom. The molecular weight excluding hydrogens is 599 g/mol. The van der Waals surface area contributed by atoms with Gasteiger partial charge in [0.1, 0.15) is 11.6 Å². The van der Waals surface area contributed by atoms with Crippen LogP contribution in [0.4, 0.5) is 10.1 Å². The number of hydrogen-bond donors (Lipinski definition) is 7. The fraction of sp³-hybridized carbons (Fsp3) is 0.310. The third kappa shape index (κ3) is 12.5. The number of carboxylic acid groups (broad SMARTS) is 4. The second-order valence-electron chi connectivity index (χ2n) is 9.53. The molecule has 0 spiro atoms. The average molecular weight is 633 g/mol. The predicted molar refractivity (Wildman–Crippen MR) is 156 cm³/mol. The number of halogens is 1. The van der Waals surface area contributed by atoms with Crippen molar-refractivity contribution in [1.29, 1.82) is 0 Å². The van der Waals surface area contributed by atoms with Crippen molar-refractivity contribution in [2.24, 2.45) is 0 Å². The van der Waals surface area contributed by atoms with Gasteiger partial charge in [0.05, 0.1) is 25.3 Å². The van der Waals surface area contributed by atoms with E-state index in [9.17, 15) is 14.3 Å². The first-order valence-electron chi connectivity index (χ1n) is 13.3. The van der Waals surface area contributed by atoms with Crippen LogP contribution in [0.5, 0.6) is 5.75 Å². The van der Waals surface area contributed by atoms with Crippen LogP contribution >= 0.6 is 0 Å². The van der Waals surface area contributed by atoms with Crippen molar-refractivity contribution in [2.75, 3.05) is 38.6 Å². The number of pyridine rings is 1. The van der Waals surface area contributed by atoms with Gasteiger partial charge in [-0.25, -0.2) is 23.6 Å². The van der Waals surface area contributed by atoms with Gasteiger partial charge >= 0.3 is 23.9 Å². The highest BCUT2D eigenvalue weighted by Gasteiger charge is 2.23. The molecule has 16 heteroatoms. The molecule has 2 aromatic carbocycles. The molecule has 45 heavy (non-hydrogen) atoms. The monoisotopic (exact) mass is 632 g/mol. The van der Waals surface area contributed by atoms with Crippen LogP contribution in [0.25, 0.3) is 10.9 Å². The lowest BCUT2D eigenvalue weighted by Gasteiger charge is -2.33. The van der Waals surface area contributed by atoms with E-state index in [0.717, 1.165) is 48.1 Å². The fourth-order valence-electron chi connectivity index (χ4n) is 4.20. The number of aliphatic hydroxyl groups excluding tert-OH is 1. The van der Waals surface area contributed by atoms with Crippen LogP contribution in [0.2, 0.25) is 0 Å². The lowest BCUT2D eigenvalue weighted by atomic mass is 10.0. The smallest absolute Gasteiger partial charge is 0.414 e. The van der Waals surface area contributed by atoms with Gasteiger partial charge in [0.15, 0.2) is 0 Å². The Morgan fingerprint density at radius 1 is 0.933 bits per heavy atom. The number of carboxylic acids is 4. The Morgan fingerprint density at radius 3 is 2.04 bits per heavy atom. The number of piperidine rings is 1. The molecule has 0 radical (unpaired) electrons. The van der Waals surface area contributed by atoms with Gasteiger partial charge in [-0.3, -0.25) is 9.78 Å². The number of fused-ring (bicyclic) bond motifs is 1. The molecule has 0 saturated carbocycles. The first-order valence-corrected chi connectivity index (χ1v) is 13.3. The van der Waals surface area contributed by atoms with Crippen LogP contribution in [0.15, 0.2) is 54.7 Å². The molecule has 7 N–H and O–H groups in total. The molecule has 1 atom stereocenters. The minimum absolute atomic E-state index is 0.153. The van der Waals surface area contributed by atoms with Crippen LogP contribution in [-0.2, 0) is 24.0 Å². The second-order valence-corrected chi connectivity index (χ2v) is 9.53. The van der Waals surface area contributed by atoms with E-state index in [4.69, 9.17) is 44.3 Å². The number of methoxy groups -OCH3 is 1. The van der Waals surface area contributed by atoms with E-state index in [2.05, 4.69) is 20.5 Å². The van der Waals surface area contributed by atoms with E-state index < -0.39 is 30.0 Å². The Bertz CT molecular complexity index is 1430. The van der Waals surface area contributed by atoms with Crippen LogP contribution < -0.4 is 15.4 Å². The van der Waals surface area contributed by atoms with E-state index in [1.807, 2.05) is 24.3 Å². The van der Waals surface area contributed by atoms with Crippen molar-refractivity contribution in [3.63, 3.8) is 0 Å². The number of rotatable bonds is 8. The molecule has 2 heterocycles. The SMILES string of the molecule is COc1ccc2nccc([C@@H](O)CN3CCC(NCC(=O)Nc4ccc(F)cc4)CC3)c2c1.O=C(O)C(=O)O.O=C(O)C(=O)O. The minimum Gasteiger partial charge on any atom is -0.497 e. The lowest BCUT2D eigenvalue weighted by Crippen LogP contribution is -2.45. The number of ether oxygens (including phenoxy) is 1. The standard InChI is InChI=1S/C25H29FN4O3.2C2H2O4/c1-33-20-6-7-23-22(14-20)21(8-11-27-23)24(31)16-30-12-9-18(10-13-30)28-15-25(32)29-19-4-2-17(26)3-5-19;2*3-1(4)2(5)6/h2-8,11,14,18,24,28,31H,9-10,12-13,15-16H2,1H3,(H,29,32);2*(H,3,4)(H,5,6)/t24-;;/m0../s1. The predicted octanol–water partition coefficient (Wildman–Crippen LogP) is 1.42. The topological polar surface area (TPSA) is 236 Å². The van der Waals surface area contributed by atoms with Crippen LogP contribution in [0.3, 0.4) is 0 Å². The van der Waals surface area contributed by atoms with Crippen LogP contribution in [0.1, 0.15) is 24.5 Å². The van der Waals surface area contributed by atoms with Gasteiger partial charge in [0.25, 0.3) is 0 Å². The first-order chi connectivity index (χ1) is 21.3. The Balaban J connectivity index is 0.000000499. The Labute approximate surface area is 255 Å². The second kappa shape index (κ2) is 17.8. The highest BCUT2D eigenvalue weighted by atomic mass is 19.1. The summed E-state index contributed by atoms with van der Waals surface area (Å²) in [5.41, 5.74) is 2.25. The molecule has 0 aliphatic carbocycles. The number of β-amino-alcohol motifs (C(OH)–C–C–N with tert-alkyl or cyclic N) is 1. The quantitative estimate of drug-likeness (QED) is 0.174. The number of anilines is 1. The number of hydrogen-bond acceptors (Lipinski definition) is 10. The van der Waals surface area contributed by atoms with Crippen molar-refractivity contribution < 1.29 is 58.6 Å². The van der Waals surface area contributed by atoms with E-state index in [1.165, 1.54) is 12.1 Å². The Kier molecular flexibility index (Phi) is 14.3. The number of aromatic nitrogens is 1. The summed E-state index contributed by atoms with van der Waals surface area (Å²) in [7, 11) is 1.62. The average Bonchev–Trinajstić information content (AvgIpc) is 3.01. The number of nitrogens with zero attached hydrogens (tertiary/aromatic N) is 2. The number of nitrogens with one attached hydrogen (secondary N) is 2. The third-order valence-corrected chi connectivity index (χ3v) is 6.41. The maximum atomic E-state index is 13.0. The zero-order valence-corrected chi connectivity index (χ0v) is 24.1. The van der Waals surface area contributed by atoms with Crippen LogP contribution in [-0.4, -0.2) is 105 Å². The number of amides is 1. The highest BCUT2D eigenvalue weighted by Crippen LogP contribution is 2.27. The van der Waals surface area contributed by atoms with Crippen molar-refractivity contribution in [1.82, 2.24) is 15.2 Å². The summed E-state index contributed by atoms with van der Waals surface area (Å²) in [6.45, 7) is 2.41. The molecule has 4 rings (SSSR count). The fourth-order valence-corrected chi connectivity index (χ4v) is 4.20. The molecule has 1 aliphatic heterocycles. The maximum absolute atomic E-state index is 13.0. The number of carbonyl (C=O) groups is 5. The minimum atomic E-state index is -1.82. The molecule has 1 aromatic heterocycles. The maximum Gasteiger partial charge on any atom is 0.414 e. The molecule has 15 nitrogen and oxygen atoms in total. The van der Waals surface area contributed by atoms with Gasteiger partial charge in [0.2, 0.25) is 5.91 Å². The largest absolute Gasteiger partial charge is 0.497 e. The van der Waals surface area contributed by atoms with E-state index in [-0.39, 0.29) is 24.3 Å². The molecule has 242 valence electrons. The highest BCUT2D eigenvalue weighted by molar-refractivity contribution is 6.27. The van der Waals surface area contributed by atoms with E-state index >= 15 is 0 Å². The van der Waals surface area contributed by atoms with Crippen LogP contribution in [0, 0.1) is 5.82 Å². The number of aliphatic carboxylic acids is 4. The number of benzene rings is 2. The van der Waals surface area contributed by atoms with Crippen molar-refractivity contribution in [3.8, 4) is 5.75 Å². The molecule has 0 bridgehead atoms. The summed E-state index contributed by atoms with van der Waals surface area (Å²) >= 11 is 0. The van der Waals surface area contributed by atoms with Gasteiger partial charge < -0.3 is 45.8 Å². The number of likely N-dealkylation sites (tertiary alicyclic amines) is 1. The molecular formula is C29H33FN4O11. The molecule has 1 amide bonds. The summed E-state index contributed by atoms with van der Waals surface area (Å²) in [5, 5.41) is 47.4. The summed E-state index contributed by atoms with van der Waals surface area (Å²) in [5.74, 6) is -7.05. The summed E-state index contributed by atoms with van der Waals surface area (Å²) in [4.78, 5) is 55.2. The van der Waals surface area contributed by atoms with Gasteiger partial charge in [0, 0.05) is 29.9 Å². The van der Waals surface area contributed by atoms with E-state index in [0.29, 0.717) is 12.2 Å². The first kappa shape index (κ1) is 36.0. The van der Waals surface area contributed by atoms with Crippen molar-refractivity contribution in [3.05, 3.63) is 66.1 Å². The summed E-state index contributed by atoms with van der Waals surface area (Å²) < 4.78 is 18.3. The van der Waals surface area contributed by atoms with Gasteiger partial charge in [-0.15, -0.1) is 0 Å². The molecule has 0 unspecified atom stereocenters. The molecule has 1 saturated heterocycles. The lowest BCUT2D eigenvalue weighted by molar-refractivity contribution is -0.159. The normalized spacial score (nSPS) is 13.7. The third-order valence-electron chi connectivity index (χ3n) is 6.41.